The number of nitrogens with zero attached hydrogens (tertiary/aromatic N) is 1. The van der Waals surface area contributed by atoms with Gasteiger partial charge in [0, 0.05) is 24.6 Å². The van der Waals surface area contributed by atoms with E-state index < -0.39 is 59.7 Å². The zero-order chi connectivity index (χ0) is 36.4. The van der Waals surface area contributed by atoms with Crippen molar-refractivity contribution in [1.82, 2.24) is 31.5 Å². The predicted molar refractivity (Wildman–Crippen MR) is 181 cm³/mol. The number of phenolic OH excluding ortho intramolecular Hbond substituents is 2. The number of fused-ring (bicyclic) bond motifs is 5. The van der Waals surface area contributed by atoms with Crippen molar-refractivity contribution in [3.63, 3.8) is 0 Å². The Morgan fingerprint density at radius 1 is 0.980 bits per heavy atom. The highest BCUT2D eigenvalue weighted by Gasteiger charge is 2.36. The number of carbonyl (C=O) groups excluding carboxylic acids is 6. The molecule has 9 N–H and O–H groups in total. The molecule has 0 unspecified atom stereocenters. The van der Waals surface area contributed by atoms with Crippen LogP contribution in [0.4, 0.5) is 0 Å². The van der Waals surface area contributed by atoms with Gasteiger partial charge in [0.2, 0.25) is 29.5 Å². The number of phenols is 2. The van der Waals surface area contributed by atoms with Crippen LogP contribution in [0, 0.1) is 0 Å². The third-order valence-electron chi connectivity index (χ3n) is 8.38. The zero-order valence-corrected chi connectivity index (χ0v) is 28.5. The SMILES string of the molecule is CNCC(=O)N[C@@H](CCCCN)C(=O)N(C)[C@@H]1C(=O)N[C@@H](C)C(=O)N[C@H](C(=O)N[C@@H](C)C(C)=O)Cc2ccc(O)c(c2)-c2cc1ccc2O. The van der Waals surface area contributed by atoms with Gasteiger partial charge in [-0.2, -0.15) is 0 Å². The number of rotatable bonds is 12. The average Bonchev–Trinajstić information content (AvgIpc) is 3.04. The Hall–Kier alpha value is -5.02. The Balaban J connectivity index is 2.14. The van der Waals surface area contributed by atoms with Crippen molar-refractivity contribution in [3.05, 3.63) is 47.5 Å². The van der Waals surface area contributed by atoms with Gasteiger partial charge in [0.25, 0.3) is 0 Å². The van der Waals surface area contributed by atoms with Crippen molar-refractivity contribution < 1.29 is 39.0 Å². The number of carbonyl (C=O) groups is 6. The smallest absolute Gasteiger partial charge is 0.248 e. The maximum Gasteiger partial charge on any atom is 0.248 e. The fourth-order valence-corrected chi connectivity index (χ4v) is 5.46. The lowest BCUT2D eigenvalue weighted by atomic mass is 9.93. The van der Waals surface area contributed by atoms with Gasteiger partial charge in [-0.15, -0.1) is 0 Å². The summed E-state index contributed by atoms with van der Waals surface area (Å²) in [6.07, 6.45) is 1.31. The van der Waals surface area contributed by atoms with Gasteiger partial charge < -0.3 is 47.4 Å². The fourth-order valence-electron chi connectivity index (χ4n) is 5.46. The first-order valence-electron chi connectivity index (χ1n) is 16.2. The molecular weight excluding hydrogens is 634 g/mol. The van der Waals surface area contributed by atoms with E-state index in [0.29, 0.717) is 24.9 Å². The summed E-state index contributed by atoms with van der Waals surface area (Å²) in [5.74, 6) is -3.89. The van der Waals surface area contributed by atoms with Crippen LogP contribution >= 0.6 is 0 Å². The van der Waals surface area contributed by atoms with E-state index in [9.17, 15) is 39.0 Å². The van der Waals surface area contributed by atoms with Gasteiger partial charge in [0.1, 0.15) is 35.7 Å². The molecule has 0 fully saturated rings. The number of benzene rings is 2. The van der Waals surface area contributed by atoms with Gasteiger partial charge in [0.05, 0.1) is 12.6 Å². The van der Waals surface area contributed by atoms with Crippen molar-refractivity contribution in [2.45, 2.75) is 76.7 Å². The topological polar surface area (TPSA) is 232 Å². The number of hydrogen-bond acceptors (Lipinski definition) is 10. The van der Waals surface area contributed by atoms with Crippen LogP contribution in [0.2, 0.25) is 0 Å². The number of ketones is 1. The summed E-state index contributed by atoms with van der Waals surface area (Å²) in [7, 11) is 2.98. The Morgan fingerprint density at radius 3 is 2.27 bits per heavy atom. The summed E-state index contributed by atoms with van der Waals surface area (Å²) in [4.78, 5) is 80.3. The molecule has 49 heavy (non-hydrogen) atoms. The van der Waals surface area contributed by atoms with Crippen LogP contribution in [0.1, 0.15) is 57.2 Å². The molecule has 4 bridgehead atoms. The van der Waals surface area contributed by atoms with E-state index in [-0.39, 0.29) is 53.4 Å². The molecule has 2 aromatic rings. The minimum atomic E-state index is -1.37. The van der Waals surface area contributed by atoms with E-state index in [0.717, 1.165) is 4.90 Å². The molecule has 5 atom stereocenters. The molecule has 0 aromatic heterocycles. The normalized spacial score (nSPS) is 18.9. The third-order valence-corrected chi connectivity index (χ3v) is 8.38. The molecule has 1 aliphatic heterocycles. The van der Waals surface area contributed by atoms with E-state index in [4.69, 9.17) is 5.73 Å². The van der Waals surface area contributed by atoms with Gasteiger partial charge in [-0.05, 0) is 89.0 Å². The minimum absolute atomic E-state index is 0.0442. The van der Waals surface area contributed by atoms with E-state index in [1.54, 1.807) is 19.2 Å². The number of Topliss-reactive ketones (excluding diaryl/α,β-unsaturated/α-hetero) is 1. The van der Waals surface area contributed by atoms with E-state index in [1.807, 2.05) is 0 Å². The van der Waals surface area contributed by atoms with Crippen LogP contribution in [0.15, 0.2) is 36.4 Å². The third kappa shape index (κ3) is 9.99. The molecule has 2 aromatic carbocycles. The average molecular weight is 682 g/mol. The van der Waals surface area contributed by atoms with Gasteiger partial charge in [-0.1, -0.05) is 12.1 Å². The van der Waals surface area contributed by atoms with Crippen molar-refractivity contribution in [1.29, 1.82) is 0 Å². The zero-order valence-electron chi connectivity index (χ0n) is 28.5. The maximum atomic E-state index is 14.0. The number of nitrogens with two attached hydrogens (primary N) is 1. The molecule has 0 spiro atoms. The molecule has 5 amide bonds. The first-order chi connectivity index (χ1) is 23.2. The highest BCUT2D eigenvalue weighted by Crippen LogP contribution is 2.38. The largest absolute Gasteiger partial charge is 0.507 e. The van der Waals surface area contributed by atoms with Crippen LogP contribution in [-0.2, 0) is 35.2 Å². The van der Waals surface area contributed by atoms with Crippen LogP contribution < -0.4 is 32.3 Å². The molecule has 266 valence electrons. The monoisotopic (exact) mass is 681 g/mol. The Labute approximate surface area is 285 Å². The van der Waals surface area contributed by atoms with Gasteiger partial charge in [0.15, 0.2) is 5.78 Å². The number of amides is 5. The van der Waals surface area contributed by atoms with Crippen molar-refractivity contribution in [2.75, 3.05) is 27.2 Å². The summed E-state index contributed by atoms with van der Waals surface area (Å²) < 4.78 is 0. The molecule has 0 saturated carbocycles. The van der Waals surface area contributed by atoms with Crippen LogP contribution in [-0.4, -0.2) is 102 Å². The number of unbranched alkanes of at least 4 members (excludes halogenated alkanes) is 1. The number of likely N-dealkylation sites (N-methyl/N-ethyl adjacent to an activating group) is 2. The standard InChI is InChI=1S/C34H47N7O8/c1-18(20(3)42)37-32(47)26-15-21-9-11-27(43)23(14-21)24-16-22(10-12-28(24)44)30(33(48)38-19(2)31(46)40-26)41(5)34(49)25(8-6-7-13-35)39-29(45)17-36-4/h9-12,14,16,18-19,25-26,30,36,43-44H,6-8,13,15,17,35H2,1-5H3,(H,37,47)(H,38,48)(H,39,45)(H,40,46)/t18-,19-,25-,26-,30-/m0/s1. The summed E-state index contributed by atoms with van der Waals surface area (Å²) in [6.45, 7) is 4.58. The summed E-state index contributed by atoms with van der Waals surface area (Å²) >= 11 is 0. The lowest BCUT2D eigenvalue weighted by molar-refractivity contribution is -0.143. The van der Waals surface area contributed by atoms with Crippen LogP contribution in [0.3, 0.4) is 0 Å². The molecule has 0 radical (unpaired) electrons. The molecule has 3 rings (SSSR count). The lowest BCUT2D eigenvalue weighted by Crippen LogP contribution is -2.57. The first kappa shape index (κ1) is 38.4. The Morgan fingerprint density at radius 2 is 1.63 bits per heavy atom. The van der Waals surface area contributed by atoms with Crippen molar-refractivity contribution in [2.24, 2.45) is 5.73 Å². The van der Waals surface area contributed by atoms with E-state index in [2.05, 4.69) is 26.6 Å². The Kier molecular flexibility index (Phi) is 13.6. The van der Waals surface area contributed by atoms with E-state index in [1.165, 1.54) is 52.1 Å². The highest BCUT2D eigenvalue weighted by atomic mass is 16.3. The van der Waals surface area contributed by atoms with Crippen LogP contribution in [0.5, 0.6) is 11.5 Å². The molecule has 0 saturated heterocycles. The maximum absolute atomic E-state index is 14.0. The predicted octanol–water partition coefficient (Wildman–Crippen LogP) is -0.263. The van der Waals surface area contributed by atoms with Gasteiger partial charge >= 0.3 is 0 Å². The molecule has 15 heteroatoms. The quantitative estimate of drug-likeness (QED) is 0.137. The molecule has 0 aliphatic carbocycles. The van der Waals surface area contributed by atoms with Crippen LogP contribution in [0.25, 0.3) is 11.1 Å². The summed E-state index contributed by atoms with van der Waals surface area (Å²) in [5, 5.41) is 35.1. The second-order valence-corrected chi connectivity index (χ2v) is 12.3. The number of hydrogen-bond donors (Lipinski definition) is 8. The van der Waals surface area contributed by atoms with Gasteiger partial charge in [-0.25, -0.2) is 0 Å². The fraction of sp³-hybridized carbons (Fsp3) is 0.471. The molecule has 15 nitrogen and oxygen atoms in total. The Bertz CT molecular complexity index is 1560. The molecular formula is C34H47N7O8. The van der Waals surface area contributed by atoms with Gasteiger partial charge in [-0.3, -0.25) is 28.8 Å². The van der Waals surface area contributed by atoms with Crippen molar-refractivity contribution >= 4 is 35.3 Å². The second kappa shape index (κ2) is 17.4. The first-order valence-corrected chi connectivity index (χ1v) is 16.2. The number of aromatic hydroxyl groups is 2. The summed E-state index contributed by atoms with van der Waals surface area (Å²) in [6, 6.07) is 3.11. The number of nitrogens with one attached hydrogen (secondary N) is 5. The van der Waals surface area contributed by atoms with Crippen molar-refractivity contribution in [3.8, 4) is 22.6 Å². The second-order valence-electron chi connectivity index (χ2n) is 12.3. The van der Waals surface area contributed by atoms with E-state index >= 15 is 0 Å². The lowest BCUT2D eigenvalue weighted by Gasteiger charge is -2.32. The minimum Gasteiger partial charge on any atom is -0.507 e. The highest BCUT2D eigenvalue weighted by molar-refractivity contribution is 5.97. The summed E-state index contributed by atoms with van der Waals surface area (Å²) in [5.41, 5.74) is 6.70. The molecule has 1 heterocycles. The molecule has 1 aliphatic rings.